The van der Waals surface area contributed by atoms with E-state index in [0.29, 0.717) is 38.8 Å². The van der Waals surface area contributed by atoms with Gasteiger partial charge >= 0.3 is 0 Å². The summed E-state index contributed by atoms with van der Waals surface area (Å²) in [7, 11) is 4.82. The van der Waals surface area contributed by atoms with Crippen molar-refractivity contribution in [3.05, 3.63) is 51.0 Å². The summed E-state index contributed by atoms with van der Waals surface area (Å²) in [4.78, 5) is 14.2. The second kappa shape index (κ2) is 9.33. The standard InChI is InChI=1S/C18H19Cl3N2O3/c1-23(9-11-5-4-6-12(19)18(11)21)10-17(24)22-14-8-15(25-2)13(20)7-16(14)26-3/h4-8H,9-10H2,1-3H3,(H,22,24). The molecule has 0 aliphatic carbocycles. The van der Waals surface area contributed by atoms with Crippen molar-refractivity contribution in [1.29, 1.82) is 0 Å². The van der Waals surface area contributed by atoms with Crippen LogP contribution < -0.4 is 14.8 Å². The minimum Gasteiger partial charge on any atom is -0.495 e. The topological polar surface area (TPSA) is 50.8 Å². The average molecular weight is 418 g/mol. The summed E-state index contributed by atoms with van der Waals surface area (Å²) >= 11 is 18.3. The van der Waals surface area contributed by atoms with Gasteiger partial charge in [0.15, 0.2) is 0 Å². The molecule has 0 atom stereocenters. The van der Waals surface area contributed by atoms with Crippen molar-refractivity contribution in [1.82, 2.24) is 4.90 Å². The normalized spacial score (nSPS) is 10.7. The minimum absolute atomic E-state index is 0.150. The van der Waals surface area contributed by atoms with Crippen LogP contribution in [0.15, 0.2) is 30.3 Å². The molecule has 140 valence electrons. The van der Waals surface area contributed by atoms with E-state index < -0.39 is 0 Å². The van der Waals surface area contributed by atoms with E-state index >= 15 is 0 Å². The molecule has 5 nitrogen and oxygen atoms in total. The van der Waals surface area contributed by atoms with Crippen molar-refractivity contribution in [2.45, 2.75) is 6.54 Å². The van der Waals surface area contributed by atoms with Gasteiger partial charge in [0.05, 0.1) is 41.5 Å². The van der Waals surface area contributed by atoms with Gasteiger partial charge in [-0.15, -0.1) is 0 Å². The number of methoxy groups -OCH3 is 2. The van der Waals surface area contributed by atoms with E-state index in [1.807, 2.05) is 24.1 Å². The van der Waals surface area contributed by atoms with Gasteiger partial charge in [0.1, 0.15) is 11.5 Å². The highest BCUT2D eigenvalue weighted by atomic mass is 35.5. The number of anilines is 1. The summed E-state index contributed by atoms with van der Waals surface area (Å²) in [6, 6.07) is 8.62. The zero-order chi connectivity index (χ0) is 19.3. The van der Waals surface area contributed by atoms with Crippen molar-refractivity contribution in [3.8, 4) is 11.5 Å². The average Bonchev–Trinajstić information content (AvgIpc) is 2.59. The molecule has 1 amide bonds. The molecule has 2 aromatic carbocycles. The lowest BCUT2D eigenvalue weighted by molar-refractivity contribution is -0.117. The number of hydrogen-bond donors (Lipinski definition) is 1. The van der Waals surface area contributed by atoms with Crippen LogP contribution in [0.4, 0.5) is 5.69 Å². The van der Waals surface area contributed by atoms with Crippen molar-refractivity contribution >= 4 is 46.4 Å². The first kappa shape index (κ1) is 20.6. The van der Waals surface area contributed by atoms with E-state index in [1.165, 1.54) is 14.2 Å². The zero-order valence-electron chi connectivity index (χ0n) is 14.6. The highest BCUT2D eigenvalue weighted by molar-refractivity contribution is 6.42. The molecular weight excluding hydrogens is 399 g/mol. The molecule has 2 rings (SSSR count). The Labute approximate surface area is 167 Å². The maximum atomic E-state index is 12.4. The SMILES string of the molecule is COc1cc(NC(=O)CN(C)Cc2cccc(Cl)c2Cl)c(OC)cc1Cl. The van der Waals surface area contributed by atoms with Gasteiger partial charge in [0, 0.05) is 18.7 Å². The molecule has 0 saturated heterocycles. The predicted octanol–water partition coefficient (Wildman–Crippen LogP) is 4.73. The highest BCUT2D eigenvalue weighted by Gasteiger charge is 2.15. The lowest BCUT2D eigenvalue weighted by Gasteiger charge is -2.18. The maximum Gasteiger partial charge on any atom is 0.238 e. The van der Waals surface area contributed by atoms with Gasteiger partial charge in [-0.3, -0.25) is 9.69 Å². The van der Waals surface area contributed by atoms with E-state index in [9.17, 15) is 4.79 Å². The summed E-state index contributed by atoms with van der Waals surface area (Å²) in [5, 5.41) is 4.18. The number of halogens is 3. The molecule has 1 N–H and O–H groups in total. The van der Waals surface area contributed by atoms with Crippen LogP contribution in [0, 0.1) is 0 Å². The molecule has 0 fully saturated rings. The monoisotopic (exact) mass is 416 g/mol. The molecule has 0 heterocycles. The molecular formula is C18H19Cl3N2O3. The van der Waals surface area contributed by atoms with Gasteiger partial charge < -0.3 is 14.8 Å². The first-order valence-corrected chi connectivity index (χ1v) is 8.82. The largest absolute Gasteiger partial charge is 0.495 e. The number of rotatable bonds is 7. The number of nitrogens with zero attached hydrogens (tertiary/aromatic N) is 1. The maximum absolute atomic E-state index is 12.4. The van der Waals surface area contributed by atoms with Crippen molar-refractivity contribution in [3.63, 3.8) is 0 Å². The molecule has 2 aromatic rings. The van der Waals surface area contributed by atoms with Crippen LogP contribution >= 0.6 is 34.8 Å². The Morgan fingerprint density at radius 3 is 2.42 bits per heavy atom. The number of carbonyl (C=O) groups is 1. The molecule has 0 unspecified atom stereocenters. The van der Waals surface area contributed by atoms with Crippen molar-refractivity contribution in [2.24, 2.45) is 0 Å². The highest BCUT2D eigenvalue weighted by Crippen LogP contribution is 2.35. The number of ether oxygens (including phenoxy) is 2. The molecule has 0 bridgehead atoms. The van der Waals surface area contributed by atoms with Crippen LogP contribution in [-0.4, -0.2) is 38.6 Å². The van der Waals surface area contributed by atoms with Gasteiger partial charge in [-0.05, 0) is 18.7 Å². The van der Waals surface area contributed by atoms with Gasteiger partial charge in [-0.2, -0.15) is 0 Å². The van der Waals surface area contributed by atoms with Crippen molar-refractivity contribution < 1.29 is 14.3 Å². The Morgan fingerprint density at radius 1 is 1.08 bits per heavy atom. The van der Waals surface area contributed by atoms with Gasteiger partial charge in [-0.25, -0.2) is 0 Å². The number of hydrogen-bond acceptors (Lipinski definition) is 4. The fraction of sp³-hybridized carbons (Fsp3) is 0.278. The minimum atomic E-state index is -0.215. The molecule has 8 heteroatoms. The quantitative estimate of drug-likeness (QED) is 0.707. The smallest absolute Gasteiger partial charge is 0.238 e. The van der Waals surface area contributed by atoms with E-state index in [4.69, 9.17) is 44.3 Å². The molecule has 0 saturated carbocycles. The summed E-state index contributed by atoms with van der Waals surface area (Å²) in [5.41, 5.74) is 1.33. The molecule has 26 heavy (non-hydrogen) atoms. The summed E-state index contributed by atoms with van der Waals surface area (Å²) in [6.45, 7) is 0.630. The summed E-state index contributed by atoms with van der Waals surface area (Å²) in [6.07, 6.45) is 0. The number of nitrogens with one attached hydrogen (secondary N) is 1. The lowest BCUT2D eigenvalue weighted by atomic mass is 10.2. The van der Waals surface area contributed by atoms with Crippen LogP contribution in [0.2, 0.25) is 15.1 Å². The predicted molar refractivity (Wildman–Crippen MR) is 106 cm³/mol. The second-order valence-corrected chi connectivity index (χ2v) is 6.81. The third-order valence-electron chi connectivity index (χ3n) is 3.63. The number of amides is 1. The van der Waals surface area contributed by atoms with E-state index in [0.717, 1.165) is 5.56 Å². The summed E-state index contributed by atoms with van der Waals surface area (Å²) in [5.74, 6) is 0.680. The lowest BCUT2D eigenvalue weighted by Crippen LogP contribution is -2.30. The summed E-state index contributed by atoms with van der Waals surface area (Å²) < 4.78 is 10.4. The molecule has 0 aliphatic heterocycles. The Morgan fingerprint density at radius 2 is 1.77 bits per heavy atom. The van der Waals surface area contributed by atoms with E-state index in [1.54, 1.807) is 18.2 Å². The number of likely N-dealkylation sites (N-methyl/N-ethyl adjacent to an activating group) is 1. The molecule has 0 aromatic heterocycles. The van der Waals surface area contributed by atoms with E-state index in [2.05, 4.69) is 5.32 Å². The third-order valence-corrected chi connectivity index (χ3v) is 4.79. The van der Waals surface area contributed by atoms with Crippen LogP contribution in [0.5, 0.6) is 11.5 Å². The number of carbonyl (C=O) groups excluding carboxylic acids is 1. The molecule has 0 radical (unpaired) electrons. The van der Waals surface area contributed by atoms with Crippen LogP contribution in [0.1, 0.15) is 5.56 Å². The second-order valence-electron chi connectivity index (χ2n) is 5.62. The third kappa shape index (κ3) is 5.17. The number of benzene rings is 2. The first-order chi connectivity index (χ1) is 12.3. The Hall–Kier alpha value is -1.66. The van der Waals surface area contributed by atoms with E-state index in [-0.39, 0.29) is 12.5 Å². The van der Waals surface area contributed by atoms with Gasteiger partial charge in [0.2, 0.25) is 5.91 Å². The van der Waals surface area contributed by atoms with Crippen LogP contribution in [0.25, 0.3) is 0 Å². The fourth-order valence-electron chi connectivity index (χ4n) is 2.41. The first-order valence-electron chi connectivity index (χ1n) is 7.68. The van der Waals surface area contributed by atoms with Gasteiger partial charge in [-0.1, -0.05) is 46.9 Å². The molecule has 0 aliphatic rings. The Kier molecular flexibility index (Phi) is 7.41. The fourth-order valence-corrected chi connectivity index (χ4v) is 3.02. The van der Waals surface area contributed by atoms with Crippen LogP contribution in [-0.2, 0) is 11.3 Å². The van der Waals surface area contributed by atoms with Crippen molar-refractivity contribution in [2.75, 3.05) is 33.1 Å². The zero-order valence-corrected chi connectivity index (χ0v) is 16.9. The van der Waals surface area contributed by atoms with Gasteiger partial charge in [0.25, 0.3) is 0 Å². The Balaban J connectivity index is 2.05. The Bertz CT molecular complexity index is 799. The molecule has 0 spiro atoms. The van der Waals surface area contributed by atoms with Crippen LogP contribution in [0.3, 0.4) is 0 Å².